The number of ether oxygens (including phenoxy) is 1. The molecular formula is C28H38FN7O. The molecule has 198 valence electrons. The van der Waals surface area contributed by atoms with Gasteiger partial charge in [-0.1, -0.05) is 34.6 Å². The van der Waals surface area contributed by atoms with Crippen molar-refractivity contribution < 1.29 is 9.13 Å². The molecule has 5 rings (SSSR count). The number of pyridine rings is 2. The van der Waals surface area contributed by atoms with E-state index in [0.717, 1.165) is 49.3 Å². The van der Waals surface area contributed by atoms with Gasteiger partial charge < -0.3 is 19.5 Å². The van der Waals surface area contributed by atoms with Crippen LogP contribution in [0.1, 0.15) is 58.9 Å². The van der Waals surface area contributed by atoms with E-state index in [1.165, 1.54) is 6.33 Å². The van der Waals surface area contributed by atoms with Gasteiger partial charge in [0.1, 0.15) is 6.33 Å². The number of methoxy groups -OCH3 is 1. The van der Waals surface area contributed by atoms with Crippen molar-refractivity contribution in [3.05, 3.63) is 36.2 Å². The molecule has 1 fully saturated rings. The molecule has 0 spiro atoms. The number of halogens is 1. The lowest BCUT2D eigenvalue weighted by atomic mass is 9.94. The lowest BCUT2D eigenvalue weighted by Crippen LogP contribution is -2.46. The van der Waals surface area contributed by atoms with Crippen molar-refractivity contribution in [2.24, 2.45) is 5.41 Å². The largest absolute Gasteiger partial charge is 0.493 e. The summed E-state index contributed by atoms with van der Waals surface area (Å²) in [7, 11) is 3.82. The summed E-state index contributed by atoms with van der Waals surface area (Å²) in [6, 6.07) is 2.43. The molecule has 4 aromatic rings. The van der Waals surface area contributed by atoms with Crippen molar-refractivity contribution >= 4 is 22.4 Å². The minimum Gasteiger partial charge on any atom is -0.493 e. The molecule has 1 aliphatic rings. The van der Waals surface area contributed by atoms with E-state index < -0.39 is 0 Å². The first-order chi connectivity index (χ1) is 17.6. The number of hydrogen-bond acceptors (Lipinski definition) is 6. The normalized spacial score (nSPS) is 15.6. The van der Waals surface area contributed by atoms with Gasteiger partial charge in [0, 0.05) is 42.8 Å². The van der Waals surface area contributed by atoms with Gasteiger partial charge in [-0.25, -0.2) is 18.9 Å². The van der Waals surface area contributed by atoms with Gasteiger partial charge in [-0.15, -0.1) is 0 Å². The predicted octanol–water partition coefficient (Wildman–Crippen LogP) is 5.49. The lowest BCUT2D eigenvalue weighted by Gasteiger charge is -2.39. The summed E-state index contributed by atoms with van der Waals surface area (Å²) in [6.07, 6.45) is 7.16. The fourth-order valence-corrected chi connectivity index (χ4v) is 5.77. The van der Waals surface area contributed by atoms with Gasteiger partial charge in [0.05, 0.1) is 24.5 Å². The maximum atomic E-state index is 16.2. The number of aromatic nitrogens is 5. The van der Waals surface area contributed by atoms with E-state index in [0.29, 0.717) is 34.2 Å². The van der Waals surface area contributed by atoms with Crippen LogP contribution in [0.15, 0.2) is 24.8 Å². The standard InChI is InChI=1S/C28H38FN7O/c1-17(2)22-23-20(33-25(22)18-12-21(37-7)26-31-16-32-36(26)14-18)13-30-27(24(23)29)35-10-8-19(9-11-35)34(6)15-28(3,4)5/h12-14,16-17,19,33H,8-11,15H2,1-7H3. The van der Waals surface area contributed by atoms with Gasteiger partial charge >= 0.3 is 0 Å². The Labute approximate surface area is 217 Å². The Balaban J connectivity index is 1.50. The Hall–Kier alpha value is -3.20. The van der Waals surface area contributed by atoms with Crippen molar-refractivity contribution in [3.8, 4) is 17.0 Å². The summed E-state index contributed by atoms with van der Waals surface area (Å²) >= 11 is 0. The Morgan fingerprint density at radius 2 is 1.95 bits per heavy atom. The Bertz CT molecular complexity index is 1410. The van der Waals surface area contributed by atoms with Crippen LogP contribution in [-0.2, 0) is 0 Å². The molecule has 37 heavy (non-hydrogen) atoms. The molecule has 0 atom stereocenters. The van der Waals surface area contributed by atoms with E-state index in [1.54, 1.807) is 17.8 Å². The zero-order valence-electron chi connectivity index (χ0n) is 23.0. The number of H-pyrrole nitrogens is 1. The highest BCUT2D eigenvalue weighted by molar-refractivity contribution is 5.93. The minimum atomic E-state index is -0.251. The maximum Gasteiger partial charge on any atom is 0.197 e. The van der Waals surface area contributed by atoms with Gasteiger partial charge in [-0.05, 0) is 42.9 Å². The second kappa shape index (κ2) is 9.59. The summed E-state index contributed by atoms with van der Waals surface area (Å²) in [5.74, 6) is 0.893. The first-order valence-electron chi connectivity index (χ1n) is 13.1. The topological polar surface area (TPSA) is 74.6 Å². The Kier molecular flexibility index (Phi) is 6.60. The first kappa shape index (κ1) is 25.4. The van der Waals surface area contributed by atoms with Crippen LogP contribution in [0.4, 0.5) is 10.2 Å². The van der Waals surface area contributed by atoms with Crippen molar-refractivity contribution in [2.75, 3.05) is 38.7 Å². The number of nitrogens with zero attached hydrogens (tertiary/aromatic N) is 6. The number of fused-ring (bicyclic) bond motifs is 2. The number of hydrogen-bond donors (Lipinski definition) is 1. The van der Waals surface area contributed by atoms with Crippen LogP contribution in [0.2, 0.25) is 0 Å². The molecule has 0 aliphatic carbocycles. The quantitative estimate of drug-likeness (QED) is 0.372. The highest BCUT2D eigenvalue weighted by atomic mass is 19.1. The number of nitrogens with one attached hydrogen (secondary N) is 1. The fraction of sp³-hybridized carbons (Fsp3) is 0.536. The van der Waals surface area contributed by atoms with Crippen LogP contribution in [0.5, 0.6) is 5.75 Å². The molecule has 0 amide bonds. The fourth-order valence-electron chi connectivity index (χ4n) is 5.77. The van der Waals surface area contributed by atoms with Crippen LogP contribution in [0.25, 0.3) is 27.8 Å². The van der Waals surface area contributed by atoms with E-state index in [-0.39, 0.29) is 17.2 Å². The highest BCUT2D eigenvalue weighted by Gasteiger charge is 2.29. The van der Waals surface area contributed by atoms with Crippen molar-refractivity contribution in [1.82, 2.24) is 29.5 Å². The predicted molar refractivity (Wildman–Crippen MR) is 146 cm³/mol. The molecule has 0 unspecified atom stereocenters. The summed E-state index contributed by atoms with van der Waals surface area (Å²) < 4.78 is 23.5. The van der Waals surface area contributed by atoms with Gasteiger partial charge in [-0.2, -0.15) is 5.10 Å². The number of rotatable bonds is 6. The summed E-state index contributed by atoms with van der Waals surface area (Å²) in [5, 5.41) is 4.90. The van der Waals surface area contributed by atoms with E-state index in [2.05, 4.69) is 71.5 Å². The Morgan fingerprint density at radius 3 is 2.59 bits per heavy atom. The van der Waals surface area contributed by atoms with Gasteiger partial charge in [0.2, 0.25) is 0 Å². The number of anilines is 1. The average Bonchev–Trinajstić information content (AvgIpc) is 3.48. The minimum absolute atomic E-state index is 0.0859. The average molecular weight is 508 g/mol. The molecule has 0 aromatic carbocycles. The molecule has 0 saturated carbocycles. The lowest BCUT2D eigenvalue weighted by molar-refractivity contribution is 0.151. The molecule has 1 saturated heterocycles. The summed E-state index contributed by atoms with van der Waals surface area (Å²) in [5.41, 5.74) is 4.22. The third kappa shape index (κ3) is 4.77. The second-order valence-corrected chi connectivity index (χ2v) is 11.8. The molecular weight excluding hydrogens is 469 g/mol. The second-order valence-electron chi connectivity index (χ2n) is 11.8. The molecule has 1 aliphatic heterocycles. The van der Waals surface area contributed by atoms with Gasteiger partial charge in [0.15, 0.2) is 23.0 Å². The molecule has 0 radical (unpaired) electrons. The third-order valence-electron chi connectivity index (χ3n) is 7.34. The van der Waals surface area contributed by atoms with Crippen molar-refractivity contribution in [1.29, 1.82) is 0 Å². The van der Waals surface area contributed by atoms with E-state index in [4.69, 9.17) is 4.74 Å². The van der Waals surface area contributed by atoms with Crippen LogP contribution in [0, 0.1) is 11.2 Å². The zero-order chi connectivity index (χ0) is 26.5. The molecule has 8 nitrogen and oxygen atoms in total. The Morgan fingerprint density at radius 1 is 1.22 bits per heavy atom. The van der Waals surface area contributed by atoms with Crippen LogP contribution in [-0.4, -0.2) is 69.3 Å². The van der Waals surface area contributed by atoms with Gasteiger partial charge in [-0.3, -0.25) is 0 Å². The van der Waals surface area contributed by atoms with E-state index in [1.807, 2.05) is 12.3 Å². The molecule has 1 N–H and O–H groups in total. The summed E-state index contributed by atoms with van der Waals surface area (Å²) in [4.78, 5) is 16.9. The van der Waals surface area contributed by atoms with Crippen LogP contribution < -0.4 is 9.64 Å². The monoisotopic (exact) mass is 507 g/mol. The van der Waals surface area contributed by atoms with Crippen molar-refractivity contribution in [2.45, 2.75) is 59.4 Å². The smallest absolute Gasteiger partial charge is 0.197 e. The maximum absolute atomic E-state index is 16.2. The van der Waals surface area contributed by atoms with Crippen molar-refractivity contribution in [3.63, 3.8) is 0 Å². The van der Waals surface area contributed by atoms with Crippen LogP contribution in [0.3, 0.4) is 0 Å². The highest BCUT2D eigenvalue weighted by Crippen LogP contribution is 2.40. The first-order valence-corrected chi connectivity index (χ1v) is 13.1. The molecule has 9 heteroatoms. The van der Waals surface area contributed by atoms with E-state index in [9.17, 15) is 0 Å². The SMILES string of the molecule is COc1cc(-c2[nH]c3cnc(N4CCC(N(C)CC(C)(C)C)CC4)c(F)c3c2C(C)C)cn2ncnc12. The van der Waals surface area contributed by atoms with Gasteiger partial charge in [0.25, 0.3) is 0 Å². The number of aromatic amines is 1. The van der Waals surface area contributed by atoms with Crippen LogP contribution >= 0.6 is 0 Å². The molecule has 5 heterocycles. The zero-order valence-corrected chi connectivity index (χ0v) is 23.0. The van der Waals surface area contributed by atoms with E-state index >= 15 is 4.39 Å². The molecule has 0 bridgehead atoms. The summed E-state index contributed by atoms with van der Waals surface area (Å²) in [6.45, 7) is 13.6. The number of piperidine rings is 1. The molecule has 4 aromatic heterocycles. The third-order valence-corrected chi connectivity index (χ3v) is 7.34.